The third kappa shape index (κ3) is 3.50. The lowest BCUT2D eigenvalue weighted by Crippen LogP contribution is -2.40. The minimum atomic E-state index is -5.64. The zero-order valence-corrected chi connectivity index (χ0v) is 14.3. The lowest BCUT2D eigenvalue weighted by Gasteiger charge is -2.19. The minimum absolute atomic E-state index is 0.0956. The predicted octanol–water partition coefficient (Wildman–Crippen LogP) is 4.80. The molecule has 26 heavy (non-hydrogen) atoms. The maximum absolute atomic E-state index is 13.3. The molecule has 0 aliphatic rings. The van der Waals surface area contributed by atoms with Gasteiger partial charge in [0.05, 0.1) is 23.6 Å². The second kappa shape index (κ2) is 6.82. The van der Waals surface area contributed by atoms with Crippen LogP contribution in [-0.2, 0) is 6.54 Å². The van der Waals surface area contributed by atoms with E-state index in [-0.39, 0.29) is 5.52 Å². The fourth-order valence-electron chi connectivity index (χ4n) is 2.37. The topological polar surface area (TPSA) is 43.6 Å². The van der Waals surface area contributed by atoms with Crippen LogP contribution in [-0.4, -0.2) is 37.6 Å². The summed E-state index contributed by atoms with van der Waals surface area (Å²) in [5.74, 6) is -4.05. The van der Waals surface area contributed by atoms with Crippen LogP contribution in [0.15, 0.2) is 41.7 Å². The molecule has 0 spiro atoms. The van der Waals surface area contributed by atoms with E-state index < -0.39 is 18.6 Å². The van der Waals surface area contributed by atoms with Crippen LogP contribution in [0.1, 0.15) is 6.92 Å². The Hall–Kier alpha value is -2.23. The molecule has 3 rings (SSSR count). The van der Waals surface area contributed by atoms with Crippen molar-refractivity contribution in [2.45, 2.75) is 30.5 Å². The van der Waals surface area contributed by atoms with Crippen LogP contribution in [0.4, 0.5) is 22.0 Å². The van der Waals surface area contributed by atoms with Crippen molar-refractivity contribution in [2.75, 3.05) is 5.75 Å². The van der Waals surface area contributed by atoms with Gasteiger partial charge in [0.2, 0.25) is 0 Å². The zero-order valence-electron chi connectivity index (χ0n) is 13.5. The van der Waals surface area contributed by atoms with Gasteiger partial charge in [-0.3, -0.25) is 14.6 Å². The molecule has 3 heterocycles. The van der Waals surface area contributed by atoms with Crippen LogP contribution in [0.3, 0.4) is 0 Å². The second-order valence-electron chi connectivity index (χ2n) is 5.42. The van der Waals surface area contributed by atoms with Crippen molar-refractivity contribution in [3.8, 4) is 11.4 Å². The Labute approximate surface area is 149 Å². The van der Waals surface area contributed by atoms with E-state index in [0.29, 0.717) is 21.5 Å². The number of alkyl halides is 5. The molecule has 0 amide bonds. The molecule has 0 aliphatic carbocycles. The van der Waals surface area contributed by atoms with Crippen LogP contribution in [0, 0.1) is 0 Å². The Kier molecular flexibility index (Phi) is 4.87. The predicted molar refractivity (Wildman–Crippen MR) is 88.2 cm³/mol. The summed E-state index contributed by atoms with van der Waals surface area (Å²) in [7, 11) is 0. The Balaban J connectivity index is 1.98. The number of fused-ring (bicyclic) bond motifs is 1. The Bertz CT molecular complexity index is 922. The van der Waals surface area contributed by atoms with Crippen molar-refractivity contribution in [3.63, 3.8) is 0 Å². The van der Waals surface area contributed by atoms with Crippen molar-refractivity contribution in [1.29, 1.82) is 0 Å². The molecule has 0 bridgehead atoms. The first-order valence-corrected chi connectivity index (χ1v) is 8.56. The monoisotopic (exact) mass is 388 g/mol. The van der Waals surface area contributed by atoms with Crippen molar-refractivity contribution in [3.05, 3.63) is 36.8 Å². The van der Waals surface area contributed by atoms with E-state index in [9.17, 15) is 22.0 Å². The molecule has 3 aromatic heterocycles. The molecule has 0 saturated heterocycles. The third-order valence-electron chi connectivity index (χ3n) is 3.60. The van der Waals surface area contributed by atoms with Gasteiger partial charge in [-0.15, -0.1) is 11.8 Å². The van der Waals surface area contributed by atoms with Crippen molar-refractivity contribution in [2.24, 2.45) is 0 Å². The first-order valence-electron chi connectivity index (χ1n) is 7.57. The summed E-state index contributed by atoms with van der Waals surface area (Å²) in [6, 6.07) is 5.25. The lowest BCUT2D eigenvalue weighted by molar-refractivity contribution is -0.287. The van der Waals surface area contributed by atoms with E-state index in [1.165, 1.54) is 12.4 Å². The van der Waals surface area contributed by atoms with Gasteiger partial charge in [-0.1, -0.05) is 6.92 Å². The van der Waals surface area contributed by atoms with E-state index in [0.717, 1.165) is 10.6 Å². The molecule has 0 N–H and O–H groups in total. The van der Waals surface area contributed by atoms with Gasteiger partial charge < -0.3 is 0 Å². The maximum Gasteiger partial charge on any atom is 0.455 e. The SMILES string of the molecule is CCSc1cccnc1-c1cc2cnn(CC(F)(F)C(F)(F)F)c2cn1. The van der Waals surface area contributed by atoms with E-state index in [2.05, 4.69) is 15.1 Å². The highest BCUT2D eigenvalue weighted by molar-refractivity contribution is 7.99. The summed E-state index contributed by atoms with van der Waals surface area (Å²) in [5, 5.41) is 4.07. The fourth-order valence-corrected chi connectivity index (χ4v) is 3.14. The van der Waals surface area contributed by atoms with Gasteiger partial charge in [0.1, 0.15) is 12.2 Å². The van der Waals surface area contributed by atoms with Crippen molar-refractivity contribution in [1.82, 2.24) is 19.7 Å². The second-order valence-corrected chi connectivity index (χ2v) is 6.72. The fraction of sp³-hybridized carbons (Fsp3) is 0.312. The van der Waals surface area contributed by atoms with Crippen LogP contribution in [0.5, 0.6) is 0 Å². The molecule has 0 saturated carbocycles. The summed E-state index contributed by atoms with van der Waals surface area (Å²) < 4.78 is 64.4. The van der Waals surface area contributed by atoms with E-state index >= 15 is 0 Å². The van der Waals surface area contributed by atoms with Crippen LogP contribution < -0.4 is 0 Å². The average molecular weight is 388 g/mol. The first kappa shape index (κ1) is 18.6. The Morgan fingerprint density at radius 2 is 1.88 bits per heavy atom. The van der Waals surface area contributed by atoms with Crippen LogP contribution >= 0.6 is 11.8 Å². The largest absolute Gasteiger partial charge is 0.455 e. The normalized spacial score (nSPS) is 12.7. The molecule has 0 aliphatic heterocycles. The highest BCUT2D eigenvalue weighted by atomic mass is 32.2. The summed E-state index contributed by atoms with van der Waals surface area (Å²) in [6.45, 7) is 0.393. The van der Waals surface area contributed by atoms with Gasteiger partial charge in [0, 0.05) is 16.5 Å². The molecule has 3 aromatic rings. The van der Waals surface area contributed by atoms with Crippen molar-refractivity contribution < 1.29 is 22.0 Å². The quantitative estimate of drug-likeness (QED) is 0.465. The molecule has 4 nitrogen and oxygen atoms in total. The number of pyridine rings is 2. The number of thioether (sulfide) groups is 1. The highest BCUT2D eigenvalue weighted by Gasteiger charge is 2.57. The maximum atomic E-state index is 13.3. The molecule has 0 radical (unpaired) electrons. The van der Waals surface area contributed by atoms with Gasteiger partial charge >= 0.3 is 12.1 Å². The van der Waals surface area contributed by atoms with Crippen LogP contribution in [0.2, 0.25) is 0 Å². The smallest absolute Gasteiger partial charge is 0.257 e. The Morgan fingerprint density at radius 1 is 1.12 bits per heavy atom. The summed E-state index contributed by atoms with van der Waals surface area (Å²) >= 11 is 1.57. The molecular formula is C16H13F5N4S. The number of hydrogen-bond acceptors (Lipinski definition) is 4. The average Bonchev–Trinajstić information content (AvgIpc) is 2.96. The summed E-state index contributed by atoms with van der Waals surface area (Å²) in [4.78, 5) is 9.38. The van der Waals surface area contributed by atoms with Gasteiger partial charge in [-0.05, 0) is 24.0 Å². The van der Waals surface area contributed by atoms with Gasteiger partial charge in [0.15, 0.2) is 0 Å². The third-order valence-corrected chi connectivity index (χ3v) is 4.53. The van der Waals surface area contributed by atoms with E-state index in [4.69, 9.17) is 0 Å². The van der Waals surface area contributed by atoms with E-state index in [1.54, 1.807) is 30.1 Å². The molecule has 0 fully saturated rings. The Morgan fingerprint density at radius 3 is 2.58 bits per heavy atom. The molecule has 0 aromatic carbocycles. The van der Waals surface area contributed by atoms with Gasteiger partial charge in [0.25, 0.3) is 0 Å². The lowest BCUT2D eigenvalue weighted by atomic mass is 10.2. The number of hydrogen-bond donors (Lipinski definition) is 0. The molecule has 0 unspecified atom stereocenters. The van der Waals surface area contributed by atoms with E-state index in [1.807, 2.05) is 13.0 Å². The summed E-state index contributed by atoms with van der Waals surface area (Å²) in [5.41, 5.74) is 1.21. The standard InChI is InChI=1S/C16H13F5N4S/c1-2-26-13-4-3-5-22-14(13)11-6-10-7-24-25(12(10)8-23-11)9-15(17,18)16(19,20)21/h3-8H,2,9H2,1H3. The number of aromatic nitrogens is 4. The highest BCUT2D eigenvalue weighted by Crippen LogP contribution is 2.37. The molecule has 10 heteroatoms. The van der Waals surface area contributed by atoms with Gasteiger partial charge in [-0.25, -0.2) is 0 Å². The summed E-state index contributed by atoms with van der Waals surface area (Å²) in [6.07, 6.45) is -1.56. The van der Waals surface area contributed by atoms with Crippen molar-refractivity contribution >= 4 is 22.7 Å². The number of rotatable bonds is 5. The van der Waals surface area contributed by atoms with Gasteiger partial charge in [-0.2, -0.15) is 27.1 Å². The molecular weight excluding hydrogens is 375 g/mol. The zero-order chi connectivity index (χ0) is 18.9. The molecule has 0 atom stereocenters. The molecule has 138 valence electrons. The minimum Gasteiger partial charge on any atom is -0.257 e. The first-order chi connectivity index (χ1) is 12.2. The number of halogens is 5. The number of nitrogens with zero attached hydrogens (tertiary/aromatic N) is 4. The van der Waals surface area contributed by atoms with Crippen LogP contribution in [0.25, 0.3) is 22.3 Å².